The molecule has 6 atom stereocenters. The van der Waals surface area contributed by atoms with Gasteiger partial charge in [0.1, 0.15) is 0 Å². The van der Waals surface area contributed by atoms with E-state index in [4.69, 9.17) is 0 Å². The van der Waals surface area contributed by atoms with Crippen molar-refractivity contribution in [1.82, 2.24) is 0 Å². The van der Waals surface area contributed by atoms with Gasteiger partial charge in [-0.2, -0.15) is 0 Å². The first kappa shape index (κ1) is 11.1. The molecule has 0 bridgehead atoms. The summed E-state index contributed by atoms with van der Waals surface area (Å²) in [6, 6.07) is 0. The Morgan fingerprint density at radius 1 is 1.00 bits per heavy atom. The molecule has 3 saturated carbocycles. The zero-order valence-electron chi connectivity index (χ0n) is 11.2. The second kappa shape index (κ2) is 3.04. The summed E-state index contributed by atoms with van der Waals surface area (Å²) >= 11 is 0. The lowest BCUT2D eigenvalue weighted by Gasteiger charge is -2.35. The number of aliphatic hydroxyl groups is 1. The molecule has 16 heavy (non-hydrogen) atoms. The van der Waals surface area contributed by atoms with Crippen molar-refractivity contribution >= 4 is 0 Å². The van der Waals surface area contributed by atoms with Crippen LogP contribution in [0.25, 0.3) is 0 Å². The number of hydrogen-bond donors (Lipinski definition) is 1. The predicted octanol–water partition coefficient (Wildman–Crippen LogP) is 3.47. The molecule has 0 aromatic carbocycles. The molecule has 0 unspecified atom stereocenters. The van der Waals surface area contributed by atoms with Crippen molar-refractivity contribution in [3.8, 4) is 0 Å². The van der Waals surface area contributed by atoms with Crippen LogP contribution in [0.5, 0.6) is 0 Å². The van der Waals surface area contributed by atoms with Crippen LogP contribution in [0.1, 0.15) is 53.4 Å². The summed E-state index contributed by atoms with van der Waals surface area (Å²) in [4.78, 5) is 0. The van der Waals surface area contributed by atoms with Crippen molar-refractivity contribution in [3.63, 3.8) is 0 Å². The van der Waals surface area contributed by atoms with Crippen LogP contribution in [-0.4, -0.2) is 10.7 Å². The first-order valence-electron chi connectivity index (χ1n) is 7.08. The Morgan fingerprint density at radius 2 is 1.69 bits per heavy atom. The average molecular weight is 222 g/mol. The lowest BCUT2D eigenvalue weighted by Crippen LogP contribution is -2.38. The molecule has 0 aliphatic heterocycles. The van der Waals surface area contributed by atoms with Gasteiger partial charge in [-0.05, 0) is 61.2 Å². The topological polar surface area (TPSA) is 20.2 Å². The van der Waals surface area contributed by atoms with Gasteiger partial charge in [0, 0.05) is 0 Å². The van der Waals surface area contributed by atoms with Gasteiger partial charge in [0.15, 0.2) is 0 Å². The number of fused-ring (bicyclic) bond motifs is 3. The molecule has 0 saturated heterocycles. The molecule has 0 radical (unpaired) electrons. The maximum atomic E-state index is 10.7. The predicted molar refractivity (Wildman–Crippen MR) is 66.0 cm³/mol. The summed E-state index contributed by atoms with van der Waals surface area (Å²) in [6.45, 7) is 9.41. The van der Waals surface area contributed by atoms with Crippen molar-refractivity contribution < 1.29 is 5.11 Å². The van der Waals surface area contributed by atoms with Crippen LogP contribution < -0.4 is 0 Å². The fourth-order valence-corrected chi connectivity index (χ4v) is 5.29. The monoisotopic (exact) mass is 222 g/mol. The Labute approximate surface area is 99.6 Å². The fourth-order valence-electron chi connectivity index (χ4n) is 5.29. The van der Waals surface area contributed by atoms with Gasteiger partial charge in [-0.3, -0.25) is 0 Å². The van der Waals surface area contributed by atoms with Gasteiger partial charge >= 0.3 is 0 Å². The van der Waals surface area contributed by atoms with Crippen LogP contribution in [0.15, 0.2) is 0 Å². The molecule has 1 heteroatoms. The van der Waals surface area contributed by atoms with Gasteiger partial charge in [0.25, 0.3) is 0 Å². The van der Waals surface area contributed by atoms with Gasteiger partial charge in [-0.25, -0.2) is 0 Å². The molecule has 1 nitrogen and oxygen atoms in total. The summed E-state index contributed by atoms with van der Waals surface area (Å²) in [5, 5.41) is 10.7. The molecule has 0 amide bonds. The Balaban J connectivity index is 1.94. The number of hydrogen-bond acceptors (Lipinski definition) is 1. The lowest BCUT2D eigenvalue weighted by atomic mass is 9.74. The Hall–Kier alpha value is -0.0400. The minimum Gasteiger partial charge on any atom is -0.390 e. The van der Waals surface area contributed by atoms with Gasteiger partial charge < -0.3 is 5.11 Å². The van der Waals surface area contributed by atoms with E-state index >= 15 is 0 Å². The highest BCUT2D eigenvalue weighted by Crippen LogP contribution is 2.71. The molecular formula is C15H26O. The normalized spacial score (nSPS) is 58.7. The summed E-state index contributed by atoms with van der Waals surface area (Å²) in [6.07, 6.45) is 4.89. The fraction of sp³-hybridized carbons (Fsp3) is 1.00. The summed E-state index contributed by atoms with van der Waals surface area (Å²) in [5.74, 6) is 4.03. The highest BCUT2D eigenvalue weighted by molar-refractivity contribution is 5.14. The molecule has 1 N–H and O–H groups in total. The molecular weight excluding hydrogens is 196 g/mol. The van der Waals surface area contributed by atoms with E-state index in [-0.39, 0.29) is 5.60 Å². The first-order valence-corrected chi connectivity index (χ1v) is 7.08. The third-order valence-electron chi connectivity index (χ3n) is 6.37. The Bertz CT molecular complexity index is 305. The van der Waals surface area contributed by atoms with Crippen LogP contribution in [0.4, 0.5) is 0 Å². The third-order valence-corrected chi connectivity index (χ3v) is 6.37. The Morgan fingerprint density at radius 3 is 2.38 bits per heavy atom. The van der Waals surface area contributed by atoms with E-state index in [2.05, 4.69) is 27.7 Å². The molecule has 0 aromatic heterocycles. The zero-order valence-corrected chi connectivity index (χ0v) is 11.2. The van der Waals surface area contributed by atoms with E-state index in [0.29, 0.717) is 11.3 Å². The molecule has 3 fully saturated rings. The van der Waals surface area contributed by atoms with Crippen molar-refractivity contribution in [2.24, 2.45) is 35.0 Å². The molecule has 3 aliphatic carbocycles. The van der Waals surface area contributed by atoms with E-state index in [9.17, 15) is 5.11 Å². The second-order valence-electron chi connectivity index (χ2n) is 7.59. The summed E-state index contributed by atoms with van der Waals surface area (Å²) in [5.41, 5.74) is 0.191. The maximum Gasteiger partial charge on any atom is 0.0650 e. The van der Waals surface area contributed by atoms with Gasteiger partial charge in [-0.1, -0.05) is 27.2 Å². The van der Waals surface area contributed by atoms with Crippen molar-refractivity contribution in [1.29, 1.82) is 0 Å². The van der Waals surface area contributed by atoms with Gasteiger partial charge in [0.2, 0.25) is 0 Å². The third kappa shape index (κ3) is 1.27. The van der Waals surface area contributed by atoms with Crippen LogP contribution >= 0.6 is 0 Å². The Kier molecular flexibility index (Phi) is 2.11. The van der Waals surface area contributed by atoms with Crippen LogP contribution in [0.2, 0.25) is 0 Å². The van der Waals surface area contributed by atoms with Crippen LogP contribution in [-0.2, 0) is 0 Å². The van der Waals surface area contributed by atoms with E-state index in [0.717, 1.165) is 30.1 Å². The minimum atomic E-state index is -0.376. The van der Waals surface area contributed by atoms with Crippen LogP contribution in [0, 0.1) is 35.0 Å². The smallest absolute Gasteiger partial charge is 0.0650 e. The van der Waals surface area contributed by atoms with E-state index < -0.39 is 0 Å². The van der Waals surface area contributed by atoms with Crippen LogP contribution in [0.3, 0.4) is 0 Å². The standard InChI is InChI=1S/C15H26O/c1-9-5-6-10-12(9)13-11(14(13,2)3)7-8-15(10,4)16/h9-13,16H,5-8H2,1-4H3/t9-,10+,11-,12+,13-,15-/m0/s1. The molecule has 0 heterocycles. The SMILES string of the molecule is C[C@H]1CC[C@@H]2[C@@H]1[C@@H]1[C@H](CC[C@]2(C)O)C1(C)C. The maximum absolute atomic E-state index is 10.7. The first-order chi connectivity index (χ1) is 7.36. The second-order valence-corrected chi connectivity index (χ2v) is 7.59. The minimum absolute atomic E-state index is 0.376. The number of rotatable bonds is 0. The molecule has 92 valence electrons. The van der Waals surface area contributed by atoms with Crippen molar-refractivity contribution in [3.05, 3.63) is 0 Å². The van der Waals surface area contributed by atoms with Crippen molar-refractivity contribution in [2.75, 3.05) is 0 Å². The molecule has 3 rings (SSSR count). The van der Waals surface area contributed by atoms with E-state index in [1.807, 2.05) is 0 Å². The summed E-state index contributed by atoms with van der Waals surface area (Å²) in [7, 11) is 0. The highest BCUT2D eigenvalue weighted by Gasteiger charge is 2.66. The van der Waals surface area contributed by atoms with Gasteiger partial charge in [-0.15, -0.1) is 0 Å². The molecule has 3 aliphatic rings. The quantitative estimate of drug-likeness (QED) is 0.665. The average Bonchev–Trinajstić information content (AvgIpc) is 2.51. The molecule has 0 spiro atoms. The van der Waals surface area contributed by atoms with E-state index in [1.54, 1.807) is 0 Å². The molecule has 0 aromatic rings. The van der Waals surface area contributed by atoms with Crippen molar-refractivity contribution in [2.45, 2.75) is 59.0 Å². The van der Waals surface area contributed by atoms with Gasteiger partial charge in [0.05, 0.1) is 5.60 Å². The largest absolute Gasteiger partial charge is 0.390 e. The highest BCUT2D eigenvalue weighted by atomic mass is 16.3. The van der Waals surface area contributed by atoms with E-state index in [1.165, 1.54) is 19.3 Å². The lowest BCUT2D eigenvalue weighted by molar-refractivity contribution is -0.0302. The zero-order chi connectivity index (χ0) is 11.7. The summed E-state index contributed by atoms with van der Waals surface area (Å²) < 4.78 is 0.